The highest BCUT2D eigenvalue weighted by molar-refractivity contribution is 5.90. The minimum absolute atomic E-state index is 0.0472. The Morgan fingerprint density at radius 2 is 1.76 bits per heavy atom. The summed E-state index contributed by atoms with van der Waals surface area (Å²) in [6, 6.07) is 16.0. The zero-order valence-electron chi connectivity index (χ0n) is 12.1. The Morgan fingerprint density at radius 3 is 2.43 bits per heavy atom. The van der Waals surface area contributed by atoms with Crippen molar-refractivity contribution in [2.45, 2.75) is 13.0 Å². The number of carbonyl (C=O) groups is 1. The Kier molecular flexibility index (Phi) is 5.46. The van der Waals surface area contributed by atoms with Gasteiger partial charge in [0.15, 0.2) is 0 Å². The van der Waals surface area contributed by atoms with Gasteiger partial charge in [-0.2, -0.15) is 0 Å². The van der Waals surface area contributed by atoms with E-state index < -0.39 is 0 Å². The van der Waals surface area contributed by atoms with Crippen LogP contribution in [0.25, 0.3) is 0 Å². The molecule has 0 saturated heterocycles. The van der Waals surface area contributed by atoms with Gasteiger partial charge in [0.1, 0.15) is 12.4 Å². The van der Waals surface area contributed by atoms with Gasteiger partial charge in [0.25, 0.3) is 0 Å². The van der Waals surface area contributed by atoms with E-state index in [0.29, 0.717) is 12.1 Å². The Labute approximate surface area is 124 Å². The smallest absolute Gasteiger partial charge is 0.230 e. The molecule has 0 bridgehead atoms. The van der Waals surface area contributed by atoms with Crippen molar-refractivity contribution in [2.24, 2.45) is 0 Å². The summed E-state index contributed by atoms with van der Waals surface area (Å²) in [6.45, 7) is 1.65. The number of benzene rings is 2. The first-order valence-corrected chi connectivity index (χ1v) is 7.04. The molecule has 0 fully saturated rings. The van der Waals surface area contributed by atoms with Gasteiger partial charge in [-0.15, -0.1) is 0 Å². The molecule has 2 aromatic carbocycles. The molecule has 0 aromatic heterocycles. The highest BCUT2D eigenvalue weighted by atomic mass is 19.1. The first-order chi connectivity index (χ1) is 10.1. The van der Waals surface area contributed by atoms with E-state index in [2.05, 4.69) is 24.5 Å². The molecule has 0 aliphatic rings. The lowest BCUT2D eigenvalue weighted by atomic mass is 10.2. The maximum absolute atomic E-state index is 12.8. The number of rotatable bonds is 6. The summed E-state index contributed by atoms with van der Waals surface area (Å²) in [4.78, 5) is 13.1. The maximum Gasteiger partial charge on any atom is 0.230 e. The number of carbonyl (C=O) groups excluding carboxylic acids is 1. The number of amides is 1. The molecular formula is C17H20FN2O+. The summed E-state index contributed by atoms with van der Waals surface area (Å²) >= 11 is 0. The van der Waals surface area contributed by atoms with Crippen LogP contribution in [0.3, 0.4) is 0 Å². The molecule has 0 aliphatic carbocycles. The third-order valence-electron chi connectivity index (χ3n) is 3.26. The van der Waals surface area contributed by atoms with Crippen molar-refractivity contribution in [3.05, 3.63) is 66.0 Å². The van der Waals surface area contributed by atoms with Gasteiger partial charge in [-0.1, -0.05) is 30.3 Å². The Bertz CT molecular complexity index is 569. The molecule has 0 spiro atoms. The molecule has 1 atom stereocenters. The predicted octanol–water partition coefficient (Wildman–Crippen LogP) is 1.87. The van der Waals surface area contributed by atoms with E-state index in [4.69, 9.17) is 0 Å². The van der Waals surface area contributed by atoms with Crippen LogP contribution in [0.4, 0.5) is 10.1 Å². The van der Waals surface area contributed by atoms with Crippen LogP contribution in [0.5, 0.6) is 0 Å². The Balaban J connectivity index is 1.74. The number of hydrogen-bond donors (Lipinski definition) is 2. The lowest BCUT2D eigenvalue weighted by molar-refractivity contribution is -0.893. The van der Waals surface area contributed by atoms with Gasteiger partial charge in [0.2, 0.25) is 5.91 Å². The Hall–Kier alpha value is -2.20. The van der Waals surface area contributed by atoms with Gasteiger partial charge in [-0.3, -0.25) is 4.79 Å². The first-order valence-electron chi connectivity index (χ1n) is 7.04. The van der Waals surface area contributed by atoms with Crippen molar-refractivity contribution < 1.29 is 14.1 Å². The third kappa shape index (κ3) is 5.36. The second-order valence-corrected chi connectivity index (χ2v) is 5.17. The average Bonchev–Trinajstić information content (AvgIpc) is 2.49. The van der Waals surface area contributed by atoms with Crippen molar-refractivity contribution in [3.63, 3.8) is 0 Å². The molecule has 21 heavy (non-hydrogen) atoms. The van der Waals surface area contributed by atoms with Gasteiger partial charge in [-0.05, 0) is 24.3 Å². The largest absolute Gasteiger partial charge is 0.333 e. The predicted molar refractivity (Wildman–Crippen MR) is 81.5 cm³/mol. The SMILES string of the molecule is C[NH+](CCC(=O)Nc1ccc(F)cc1)Cc1ccccc1. The van der Waals surface area contributed by atoms with Crippen LogP contribution in [0.15, 0.2) is 54.6 Å². The van der Waals surface area contributed by atoms with Gasteiger partial charge in [0, 0.05) is 11.3 Å². The van der Waals surface area contributed by atoms with E-state index >= 15 is 0 Å². The molecule has 1 unspecified atom stereocenters. The summed E-state index contributed by atoms with van der Waals surface area (Å²) in [5.74, 6) is -0.353. The van der Waals surface area contributed by atoms with Crippen LogP contribution < -0.4 is 10.2 Å². The van der Waals surface area contributed by atoms with Crippen molar-refractivity contribution in [3.8, 4) is 0 Å². The van der Waals surface area contributed by atoms with Crippen molar-refractivity contribution >= 4 is 11.6 Å². The number of hydrogen-bond acceptors (Lipinski definition) is 1. The zero-order chi connectivity index (χ0) is 15.1. The fourth-order valence-corrected chi connectivity index (χ4v) is 2.12. The summed E-state index contributed by atoms with van der Waals surface area (Å²) in [6.07, 6.45) is 0.441. The lowest BCUT2D eigenvalue weighted by Crippen LogP contribution is -3.07. The molecule has 4 heteroatoms. The van der Waals surface area contributed by atoms with E-state index in [1.165, 1.54) is 22.6 Å². The monoisotopic (exact) mass is 287 g/mol. The number of quaternary nitrogens is 1. The maximum atomic E-state index is 12.8. The number of anilines is 1. The highest BCUT2D eigenvalue weighted by Gasteiger charge is 2.08. The van der Waals surface area contributed by atoms with E-state index in [1.54, 1.807) is 12.1 Å². The second kappa shape index (κ2) is 7.55. The van der Waals surface area contributed by atoms with Crippen LogP contribution in [0, 0.1) is 5.82 Å². The molecule has 3 nitrogen and oxygen atoms in total. The molecule has 2 N–H and O–H groups in total. The molecular weight excluding hydrogens is 267 g/mol. The molecule has 2 rings (SSSR count). The lowest BCUT2D eigenvalue weighted by Gasteiger charge is -2.14. The molecule has 1 amide bonds. The molecule has 0 saturated carbocycles. The fraction of sp³-hybridized carbons (Fsp3) is 0.235. The quantitative estimate of drug-likeness (QED) is 0.835. The molecule has 0 aliphatic heterocycles. The summed E-state index contributed by atoms with van der Waals surface area (Å²) in [7, 11) is 2.07. The normalized spacial score (nSPS) is 11.9. The minimum atomic E-state index is -0.306. The van der Waals surface area contributed by atoms with Crippen LogP contribution in [-0.2, 0) is 11.3 Å². The molecule has 110 valence electrons. The van der Waals surface area contributed by atoms with Crippen LogP contribution in [-0.4, -0.2) is 19.5 Å². The molecule has 0 heterocycles. The van der Waals surface area contributed by atoms with Gasteiger partial charge in [-0.25, -0.2) is 4.39 Å². The van der Waals surface area contributed by atoms with Crippen LogP contribution in [0.1, 0.15) is 12.0 Å². The zero-order valence-corrected chi connectivity index (χ0v) is 12.1. The van der Waals surface area contributed by atoms with Crippen molar-refractivity contribution in [2.75, 3.05) is 18.9 Å². The highest BCUT2D eigenvalue weighted by Crippen LogP contribution is 2.08. The van der Waals surface area contributed by atoms with E-state index in [9.17, 15) is 9.18 Å². The molecule has 2 aromatic rings. The number of halogens is 1. The average molecular weight is 287 g/mol. The van der Waals surface area contributed by atoms with E-state index in [1.807, 2.05) is 18.2 Å². The summed E-state index contributed by atoms with van der Waals surface area (Å²) in [5, 5.41) is 2.77. The van der Waals surface area contributed by atoms with Gasteiger partial charge in [0.05, 0.1) is 20.0 Å². The first kappa shape index (κ1) is 15.2. The third-order valence-corrected chi connectivity index (χ3v) is 3.26. The van der Waals surface area contributed by atoms with Crippen molar-refractivity contribution in [1.82, 2.24) is 0 Å². The van der Waals surface area contributed by atoms with Gasteiger partial charge >= 0.3 is 0 Å². The van der Waals surface area contributed by atoms with Crippen molar-refractivity contribution in [1.29, 1.82) is 0 Å². The molecule has 0 radical (unpaired) electrons. The number of nitrogens with one attached hydrogen (secondary N) is 2. The fourth-order valence-electron chi connectivity index (χ4n) is 2.12. The summed E-state index contributed by atoms with van der Waals surface area (Å²) < 4.78 is 12.8. The topological polar surface area (TPSA) is 33.5 Å². The van der Waals surface area contributed by atoms with Crippen LogP contribution in [0.2, 0.25) is 0 Å². The standard InChI is InChI=1S/C17H19FN2O/c1-20(13-14-5-3-2-4-6-14)12-11-17(21)19-16-9-7-15(18)8-10-16/h2-10H,11-13H2,1H3,(H,19,21)/p+1. The van der Waals surface area contributed by atoms with Crippen LogP contribution >= 0.6 is 0 Å². The summed E-state index contributed by atoms with van der Waals surface area (Å²) in [5.41, 5.74) is 1.89. The van der Waals surface area contributed by atoms with E-state index in [-0.39, 0.29) is 11.7 Å². The minimum Gasteiger partial charge on any atom is -0.333 e. The van der Waals surface area contributed by atoms with E-state index in [0.717, 1.165) is 13.1 Å². The van der Waals surface area contributed by atoms with Gasteiger partial charge < -0.3 is 10.2 Å². The second-order valence-electron chi connectivity index (χ2n) is 5.17. The Morgan fingerprint density at radius 1 is 1.10 bits per heavy atom.